The van der Waals surface area contributed by atoms with Crippen molar-refractivity contribution in [1.82, 2.24) is 0 Å². The Morgan fingerprint density at radius 2 is 0.893 bits per heavy atom. The molecule has 0 aromatic carbocycles. The topological polar surface area (TPSA) is 172 Å². The van der Waals surface area contributed by atoms with Crippen LogP contribution in [0.2, 0.25) is 0 Å². The van der Waals surface area contributed by atoms with Crippen molar-refractivity contribution in [2.75, 3.05) is 19.8 Å². The molecule has 0 aliphatic heterocycles. The number of carbonyl (C=O) groups is 3. The maximum atomic E-state index is 12.6. The van der Waals surface area contributed by atoms with Gasteiger partial charge in [-0.05, 0) is 38.5 Å². The molecular weight excluding hydrogens is 733 g/mol. The van der Waals surface area contributed by atoms with Crippen molar-refractivity contribution in [1.29, 1.82) is 0 Å². The van der Waals surface area contributed by atoms with E-state index >= 15 is 0 Å². The predicted octanol–water partition coefficient (Wildman–Crippen LogP) is 12.1. The van der Waals surface area contributed by atoms with Crippen LogP contribution in [-0.2, 0) is 37.5 Å². The van der Waals surface area contributed by atoms with Crippen LogP contribution in [0, 0.1) is 0 Å². The fourth-order valence-corrected chi connectivity index (χ4v) is 7.19. The molecule has 0 fully saturated rings. The van der Waals surface area contributed by atoms with Crippen LogP contribution in [0.3, 0.4) is 0 Å². The highest BCUT2D eigenvalue weighted by molar-refractivity contribution is 7.47. The molecule has 0 aromatic heterocycles. The molecule has 0 rings (SSSR count). The number of unbranched alkanes of at least 4 members (excludes halogenated alkanes) is 27. The van der Waals surface area contributed by atoms with Crippen LogP contribution < -0.4 is 5.73 Å². The van der Waals surface area contributed by atoms with Gasteiger partial charge < -0.3 is 25.2 Å². The summed E-state index contributed by atoms with van der Waals surface area (Å²) < 4.78 is 32.7. The Hall–Kier alpha value is -1.78. The third-order valence-corrected chi connectivity index (χ3v) is 11.0. The fourth-order valence-electron chi connectivity index (χ4n) is 6.41. The van der Waals surface area contributed by atoms with Crippen molar-refractivity contribution in [2.24, 2.45) is 5.73 Å². The Balaban J connectivity index is 4.21. The number of aliphatic carboxylic acids is 1. The maximum Gasteiger partial charge on any atom is 0.472 e. The first-order valence-corrected chi connectivity index (χ1v) is 24.2. The minimum absolute atomic E-state index is 0.166. The number of nitrogens with two attached hydrogens (primary N) is 1. The monoisotopic (exact) mass is 818 g/mol. The van der Waals surface area contributed by atoms with Gasteiger partial charge in [-0.15, -0.1) is 0 Å². The molecule has 1 unspecified atom stereocenters. The molecule has 12 heteroatoms. The minimum atomic E-state index is -4.71. The lowest BCUT2D eigenvalue weighted by molar-refractivity contribution is -0.161. The highest BCUT2D eigenvalue weighted by Gasteiger charge is 2.28. The zero-order valence-electron chi connectivity index (χ0n) is 35.7. The standard InChI is InChI=1S/C44H84NO10P/c1-3-5-7-9-11-13-15-16-17-18-19-20-21-22-23-24-26-27-29-31-33-35-42(46)52-37-40(38-53-56(50,51)54-39-41(45)44(48)49)55-43(47)36-34-32-30-28-25-14-12-10-8-6-4-2/h16-17,40-41H,3-15,18-39,45H2,1-2H3,(H,48,49)(H,50,51)/b17-16-/t40-,41+/m1/s1. The van der Waals surface area contributed by atoms with Gasteiger partial charge in [0.25, 0.3) is 0 Å². The Morgan fingerprint density at radius 3 is 1.30 bits per heavy atom. The summed E-state index contributed by atoms with van der Waals surface area (Å²) in [4.78, 5) is 45.9. The summed E-state index contributed by atoms with van der Waals surface area (Å²) in [6, 6.07) is -1.52. The minimum Gasteiger partial charge on any atom is -0.480 e. The van der Waals surface area contributed by atoms with Crippen LogP contribution in [0.15, 0.2) is 12.2 Å². The summed E-state index contributed by atoms with van der Waals surface area (Å²) >= 11 is 0. The molecule has 0 aliphatic rings. The molecule has 0 aliphatic carbocycles. The normalized spacial score (nSPS) is 13.8. The summed E-state index contributed by atoms with van der Waals surface area (Å²) in [5.74, 6) is -2.37. The number of hydrogen-bond donors (Lipinski definition) is 3. The van der Waals surface area contributed by atoms with E-state index in [1.165, 1.54) is 141 Å². The lowest BCUT2D eigenvalue weighted by atomic mass is 10.0. The summed E-state index contributed by atoms with van der Waals surface area (Å²) in [6.07, 6.45) is 40.0. The lowest BCUT2D eigenvalue weighted by Crippen LogP contribution is -2.34. The first-order valence-electron chi connectivity index (χ1n) is 22.7. The second kappa shape index (κ2) is 40.0. The SMILES string of the molecule is CCCCCCCC/C=C\CCCCCCCCCCCCCC(=O)OC[C@H](COP(=O)(O)OC[C@H](N)C(=O)O)OC(=O)CCCCCCCCCCCCC. The van der Waals surface area contributed by atoms with Gasteiger partial charge in [0.05, 0.1) is 13.2 Å². The van der Waals surface area contributed by atoms with Crippen molar-refractivity contribution < 1.29 is 47.5 Å². The number of allylic oxidation sites excluding steroid dienone is 2. The molecular formula is C44H84NO10P. The Labute approximate surface area is 341 Å². The molecule has 0 radical (unpaired) electrons. The molecule has 0 bridgehead atoms. The fraction of sp³-hybridized carbons (Fsp3) is 0.886. The molecule has 0 amide bonds. The first-order chi connectivity index (χ1) is 27.1. The van der Waals surface area contributed by atoms with Gasteiger partial charge >= 0.3 is 25.7 Å². The van der Waals surface area contributed by atoms with Crippen molar-refractivity contribution in [3.05, 3.63) is 12.2 Å². The molecule has 3 atom stereocenters. The van der Waals surface area contributed by atoms with Crippen LogP contribution in [0.5, 0.6) is 0 Å². The molecule has 330 valence electrons. The van der Waals surface area contributed by atoms with E-state index in [1.807, 2.05) is 0 Å². The summed E-state index contributed by atoms with van der Waals surface area (Å²) in [5, 5.41) is 8.88. The van der Waals surface area contributed by atoms with Crippen LogP contribution in [0.4, 0.5) is 0 Å². The molecule has 0 aromatic rings. The van der Waals surface area contributed by atoms with Gasteiger partial charge in [-0.2, -0.15) is 0 Å². The smallest absolute Gasteiger partial charge is 0.472 e. The number of esters is 2. The van der Waals surface area contributed by atoms with Gasteiger partial charge in [0.15, 0.2) is 6.10 Å². The van der Waals surface area contributed by atoms with Gasteiger partial charge in [-0.1, -0.05) is 180 Å². The van der Waals surface area contributed by atoms with Crippen LogP contribution in [0.1, 0.15) is 219 Å². The zero-order chi connectivity index (χ0) is 41.4. The first kappa shape index (κ1) is 54.2. The van der Waals surface area contributed by atoms with E-state index in [4.69, 9.17) is 24.8 Å². The highest BCUT2D eigenvalue weighted by Crippen LogP contribution is 2.43. The van der Waals surface area contributed by atoms with Gasteiger partial charge in [-0.25, -0.2) is 4.57 Å². The average Bonchev–Trinajstić information content (AvgIpc) is 3.17. The van der Waals surface area contributed by atoms with E-state index in [0.717, 1.165) is 38.5 Å². The Bertz CT molecular complexity index is 1010. The van der Waals surface area contributed by atoms with E-state index in [9.17, 15) is 23.8 Å². The lowest BCUT2D eigenvalue weighted by Gasteiger charge is -2.20. The Morgan fingerprint density at radius 1 is 0.536 bits per heavy atom. The summed E-state index contributed by atoms with van der Waals surface area (Å²) in [6.45, 7) is 2.81. The van der Waals surface area contributed by atoms with E-state index < -0.39 is 51.1 Å². The quantitative estimate of drug-likeness (QED) is 0.0231. The maximum absolute atomic E-state index is 12.6. The Kier molecular flexibility index (Phi) is 38.7. The van der Waals surface area contributed by atoms with Crippen molar-refractivity contribution in [3.8, 4) is 0 Å². The molecule has 0 saturated heterocycles. The average molecular weight is 818 g/mol. The molecule has 0 heterocycles. The van der Waals surface area contributed by atoms with E-state index in [0.29, 0.717) is 12.8 Å². The van der Waals surface area contributed by atoms with E-state index in [1.54, 1.807) is 0 Å². The molecule has 4 N–H and O–H groups in total. The van der Waals surface area contributed by atoms with Crippen LogP contribution in [-0.4, -0.2) is 59.9 Å². The second-order valence-electron chi connectivity index (χ2n) is 15.5. The van der Waals surface area contributed by atoms with Gasteiger partial charge in [0.1, 0.15) is 12.6 Å². The van der Waals surface area contributed by atoms with Gasteiger partial charge in [0, 0.05) is 12.8 Å². The number of phosphoric ester groups is 1. The van der Waals surface area contributed by atoms with Crippen molar-refractivity contribution in [2.45, 2.75) is 231 Å². The van der Waals surface area contributed by atoms with Crippen molar-refractivity contribution in [3.63, 3.8) is 0 Å². The third kappa shape index (κ3) is 39.1. The van der Waals surface area contributed by atoms with Crippen molar-refractivity contribution >= 4 is 25.7 Å². The highest BCUT2D eigenvalue weighted by atomic mass is 31.2. The summed E-state index contributed by atoms with van der Waals surface area (Å²) in [7, 11) is -4.71. The van der Waals surface area contributed by atoms with Gasteiger partial charge in [-0.3, -0.25) is 23.4 Å². The molecule has 11 nitrogen and oxygen atoms in total. The summed E-state index contributed by atoms with van der Waals surface area (Å²) in [5.41, 5.74) is 5.33. The number of rotatable bonds is 43. The zero-order valence-corrected chi connectivity index (χ0v) is 36.6. The number of phosphoric acid groups is 1. The largest absolute Gasteiger partial charge is 0.480 e. The number of carboxylic acid groups (broad SMARTS) is 1. The van der Waals surface area contributed by atoms with Crippen LogP contribution in [0.25, 0.3) is 0 Å². The molecule has 56 heavy (non-hydrogen) atoms. The third-order valence-electron chi connectivity index (χ3n) is 10.0. The van der Waals surface area contributed by atoms with E-state index in [2.05, 4.69) is 30.5 Å². The predicted molar refractivity (Wildman–Crippen MR) is 226 cm³/mol. The molecule has 0 spiro atoms. The second-order valence-corrected chi connectivity index (χ2v) is 17.0. The van der Waals surface area contributed by atoms with Gasteiger partial charge in [0.2, 0.25) is 0 Å². The number of hydrogen-bond acceptors (Lipinski definition) is 9. The van der Waals surface area contributed by atoms with Crippen LogP contribution >= 0.6 is 7.82 Å². The number of carboxylic acids is 1. The number of ether oxygens (including phenoxy) is 2. The molecule has 0 saturated carbocycles. The number of carbonyl (C=O) groups excluding carboxylic acids is 2. The van der Waals surface area contributed by atoms with E-state index in [-0.39, 0.29) is 19.4 Å².